The number of rotatable bonds is 6. The van der Waals surface area contributed by atoms with Gasteiger partial charge in [-0.1, -0.05) is 19.4 Å². The molecule has 0 fully saturated rings. The van der Waals surface area contributed by atoms with Gasteiger partial charge in [0.05, 0.1) is 5.56 Å². The molecule has 0 spiro atoms. The summed E-state index contributed by atoms with van der Waals surface area (Å²) in [5, 5.41) is 5.15. The Morgan fingerprint density at radius 2 is 1.62 bits per heavy atom. The summed E-state index contributed by atoms with van der Waals surface area (Å²) in [6.45, 7) is 2.51. The average Bonchev–Trinajstić information content (AvgIpc) is 2.61. The number of amides is 2. The highest BCUT2D eigenvalue weighted by Crippen LogP contribution is 2.29. The number of unbranched alkanes of at least 4 members (excludes halogenated alkanes) is 1. The normalized spacial score (nSPS) is 11.1. The molecule has 5 nitrogen and oxygen atoms in total. The van der Waals surface area contributed by atoms with Gasteiger partial charge in [-0.3, -0.25) is 9.59 Å². The van der Waals surface area contributed by atoms with Gasteiger partial charge >= 0.3 is 6.18 Å². The summed E-state index contributed by atoms with van der Waals surface area (Å²) in [4.78, 5) is 28.2. The zero-order chi connectivity index (χ0) is 19.2. The van der Waals surface area contributed by atoms with Crippen LogP contribution in [-0.2, 0) is 6.18 Å². The number of carbonyl (C=O) groups excluding carboxylic acids is 2. The van der Waals surface area contributed by atoms with Crippen molar-refractivity contribution in [2.24, 2.45) is 0 Å². The number of pyridine rings is 1. The Balaban J connectivity index is 2.05. The first-order valence-electron chi connectivity index (χ1n) is 8.05. The van der Waals surface area contributed by atoms with E-state index in [0.29, 0.717) is 6.54 Å². The summed E-state index contributed by atoms with van der Waals surface area (Å²) in [6.07, 6.45) is -2.67. The third-order valence-corrected chi connectivity index (χ3v) is 3.50. The lowest BCUT2D eigenvalue weighted by molar-refractivity contribution is -0.137. The topological polar surface area (TPSA) is 71.1 Å². The van der Waals surface area contributed by atoms with Gasteiger partial charge in [-0.2, -0.15) is 13.2 Å². The van der Waals surface area contributed by atoms with Crippen LogP contribution in [0.5, 0.6) is 0 Å². The third-order valence-electron chi connectivity index (χ3n) is 3.50. The van der Waals surface area contributed by atoms with Crippen molar-refractivity contribution in [1.29, 1.82) is 0 Å². The Kier molecular flexibility index (Phi) is 6.32. The first-order valence-corrected chi connectivity index (χ1v) is 8.05. The molecule has 0 saturated carbocycles. The van der Waals surface area contributed by atoms with Gasteiger partial charge in [0.2, 0.25) is 0 Å². The smallest absolute Gasteiger partial charge is 0.351 e. The van der Waals surface area contributed by atoms with Crippen LogP contribution in [0.2, 0.25) is 0 Å². The first kappa shape index (κ1) is 19.4. The van der Waals surface area contributed by atoms with E-state index in [2.05, 4.69) is 15.6 Å². The predicted molar refractivity (Wildman–Crippen MR) is 90.9 cm³/mol. The SMILES string of the molecule is CCCCNC(=O)c1cccc(C(=O)Nc2ccc(C(F)(F)F)cc2)n1. The number of hydrogen-bond donors (Lipinski definition) is 2. The summed E-state index contributed by atoms with van der Waals surface area (Å²) in [6, 6.07) is 8.48. The molecule has 1 heterocycles. The number of nitrogens with one attached hydrogen (secondary N) is 2. The molecule has 0 atom stereocenters. The molecule has 0 bridgehead atoms. The van der Waals surface area contributed by atoms with Crippen LogP contribution in [-0.4, -0.2) is 23.3 Å². The first-order chi connectivity index (χ1) is 12.3. The number of benzene rings is 1. The van der Waals surface area contributed by atoms with Gasteiger partial charge in [-0.15, -0.1) is 0 Å². The molecule has 0 aliphatic carbocycles. The molecule has 1 aromatic heterocycles. The van der Waals surface area contributed by atoms with Crippen molar-refractivity contribution in [1.82, 2.24) is 10.3 Å². The highest BCUT2D eigenvalue weighted by Gasteiger charge is 2.30. The molecule has 2 amide bonds. The van der Waals surface area contributed by atoms with Gasteiger partial charge in [0.1, 0.15) is 11.4 Å². The monoisotopic (exact) mass is 365 g/mol. The number of nitrogens with zero attached hydrogens (tertiary/aromatic N) is 1. The average molecular weight is 365 g/mol. The Morgan fingerprint density at radius 1 is 1.00 bits per heavy atom. The van der Waals surface area contributed by atoms with E-state index in [9.17, 15) is 22.8 Å². The lowest BCUT2D eigenvalue weighted by Gasteiger charge is -2.09. The minimum Gasteiger partial charge on any atom is -0.351 e. The Labute approximate surface area is 148 Å². The number of hydrogen-bond acceptors (Lipinski definition) is 3. The molecule has 0 saturated heterocycles. The van der Waals surface area contributed by atoms with E-state index in [-0.39, 0.29) is 23.0 Å². The molecular formula is C18H18F3N3O2. The van der Waals surface area contributed by atoms with Crippen LogP contribution >= 0.6 is 0 Å². The second kappa shape index (κ2) is 8.46. The Morgan fingerprint density at radius 3 is 2.19 bits per heavy atom. The number of anilines is 1. The fraction of sp³-hybridized carbons (Fsp3) is 0.278. The standard InChI is InChI=1S/C18H18F3N3O2/c1-2-3-11-22-16(25)14-5-4-6-15(24-14)17(26)23-13-9-7-12(8-10-13)18(19,20)21/h4-10H,2-3,11H2,1H3,(H,22,25)(H,23,26). The van der Waals surface area contributed by atoms with Crippen LogP contribution in [0.15, 0.2) is 42.5 Å². The fourth-order valence-electron chi connectivity index (χ4n) is 2.09. The maximum Gasteiger partial charge on any atom is 0.416 e. The number of halogens is 3. The molecule has 2 rings (SSSR count). The minimum absolute atomic E-state index is 0.00644. The van der Waals surface area contributed by atoms with Crippen LogP contribution in [0.1, 0.15) is 46.3 Å². The summed E-state index contributed by atoms with van der Waals surface area (Å²) >= 11 is 0. The van der Waals surface area contributed by atoms with Gasteiger partial charge < -0.3 is 10.6 Å². The number of alkyl halides is 3. The summed E-state index contributed by atoms with van der Waals surface area (Å²) in [5.41, 5.74) is -0.517. The van der Waals surface area contributed by atoms with Crippen molar-refractivity contribution in [3.8, 4) is 0 Å². The van der Waals surface area contributed by atoms with E-state index in [0.717, 1.165) is 37.1 Å². The fourth-order valence-corrected chi connectivity index (χ4v) is 2.09. The molecule has 138 valence electrons. The van der Waals surface area contributed by atoms with Crippen molar-refractivity contribution < 1.29 is 22.8 Å². The third kappa shape index (κ3) is 5.30. The van der Waals surface area contributed by atoms with E-state index in [1.807, 2.05) is 6.92 Å². The maximum atomic E-state index is 12.5. The molecule has 26 heavy (non-hydrogen) atoms. The van der Waals surface area contributed by atoms with Gasteiger partial charge in [-0.05, 0) is 42.8 Å². The van der Waals surface area contributed by atoms with Crippen LogP contribution in [0, 0.1) is 0 Å². The van der Waals surface area contributed by atoms with Crippen molar-refractivity contribution in [2.75, 3.05) is 11.9 Å². The molecule has 2 N–H and O–H groups in total. The largest absolute Gasteiger partial charge is 0.416 e. The minimum atomic E-state index is -4.44. The molecule has 0 unspecified atom stereocenters. The van der Waals surface area contributed by atoms with Crippen molar-refractivity contribution in [3.05, 3.63) is 59.4 Å². The quantitative estimate of drug-likeness (QED) is 0.763. The number of carbonyl (C=O) groups is 2. The molecule has 2 aromatic rings. The van der Waals surface area contributed by atoms with E-state index < -0.39 is 17.6 Å². The zero-order valence-corrected chi connectivity index (χ0v) is 14.1. The molecule has 0 aliphatic heterocycles. The van der Waals surface area contributed by atoms with Gasteiger partial charge in [0.25, 0.3) is 11.8 Å². The van der Waals surface area contributed by atoms with Crippen molar-refractivity contribution in [2.45, 2.75) is 25.9 Å². The second-order valence-electron chi connectivity index (χ2n) is 5.55. The highest BCUT2D eigenvalue weighted by atomic mass is 19.4. The summed E-state index contributed by atoms with van der Waals surface area (Å²) in [5.74, 6) is -1.00. The van der Waals surface area contributed by atoms with Crippen LogP contribution in [0.25, 0.3) is 0 Å². The highest BCUT2D eigenvalue weighted by molar-refractivity contribution is 6.03. The van der Waals surface area contributed by atoms with E-state index in [4.69, 9.17) is 0 Å². The molecule has 0 aliphatic rings. The lowest BCUT2D eigenvalue weighted by Crippen LogP contribution is -2.26. The van der Waals surface area contributed by atoms with Gasteiger partial charge in [0.15, 0.2) is 0 Å². The summed E-state index contributed by atoms with van der Waals surface area (Å²) < 4.78 is 37.6. The molecule has 8 heteroatoms. The van der Waals surface area contributed by atoms with Crippen LogP contribution in [0.3, 0.4) is 0 Å². The molecule has 1 aromatic carbocycles. The predicted octanol–water partition coefficient (Wildman–Crippen LogP) is 3.88. The lowest BCUT2D eigenvalue weighted by atomic mass is 10.2. The maximum absolute atomic E-state index is 12.5. The zero-order valence-electron chi connectivity index (χ0n) is 14.1. The van der Waals surface area contributed by atoms with Gasteiger partial charge in [-0.25, -0.2) is 4.98 Å². The molecule has 0 radical (unpaired) electrons. The Bertz CT molecular complexity index is 774. The van der Waals surface area contributed by atoms with E-state index in [1.165, 1.54) is 18.2 Å². The van der Waals surface area contributed by atoms with Crippen molar-refractivity contribution >= 4 is 17.5 Å². The second-order valence-corrected chi connectivity index (χ2v) is 5.55. The van der Waals surface area contributed by atoms with Crippen molar-refractivity contribution in [3.63, 3.8) is 0 Å². The van der Waals surface area contributed by atoms with Gasteiger partial charge in [0, 0.05) is 12.2 Å². The van der Waals surface area contributed by atoms with E-state index in [1.54, 1.807) is 0 Å². The Hall–Kier alpha value is -2.90. The summed E-state index contributed by atoms with van der Waals surface area (Å²) in [7, 11) is 0. The van der Waals surface area contributed by atoms with E-state index >= 15 is 0 Å². The van der Waals surface area contributed by atoms with Crippen LogP contribution in [0.4, 0.5) is 18.9 Å². The number of aromatic nitrogens is 1. The van der Waals surface area contributed by atoms with Crippen LogP contribution < -0.4 is 10.6 Å². The molecular weight excluding hydrogens is 347 g/mol.